The number of anilines is 1. The number of carbonyl (C=O) groups is 2. The number of carbonyl (C=O) groups excluding carboxylic acids is 2. The second-order valence-corrected chi connectivity index (χ2v) is 7.73. The first-order valence-electron chi connectivity index (χ1n) is 10.0. The number of ether oxygens (including phenoxy) is 1. The standard InChI is InChI=1S/C21H22F2N4O5/c1-12(28)19(29)26-5-2-13(3-6-26)18-15(22)8-14(9-16(18)23)27-20(30)31-11-21(27,10-24)17-4-7-32-25-17/h2,4,7-9,12,28H,3,5-6,10-11,24H2,1H3/t12-,21+/m0/s1. The van der Waals surface area contributed by atoms with Crippen LogP contribution in [0, 0.1) is 11.6 Å². The molecule has 4 rings (SSSR count). The highest BCUT2D eigenvalue weighted by molar-refractivity contribution is 5.92. The lowest BCUT2D eigenvalue weighted by molar-refractivity contribution is -0.138. The van der Waals surface area contributed by atoms with Crippen LogP contribution in [-0.2, 0) is 15.1 Å². The van der Waals surface area contributed by atoms with Crippen LogP contribution < -0.4 is 10.6 Å². The molecule has 32 heavy (non-hydrogen) atoms. The van der Waals surface area contributed by atoms with Gasteiger partial charge in [-0.1, -0.05) is 11.2 Å². The van der Waals surface area contributed by atoms with Gasteiger partial charge in [-0.3, -0.25) is 9.69 Å². The van der Waals surface area contributed by atoms with E-state index in [0.717, 1.165) is 17.0 Å². The summed E-state index contributed by atoms with van der Waals surface area (Å²) in [7, 11) is 0. The summed E-state index contributed by atoms with van der Waals surface area (Å²) in [5, 5.41) is 13.3. The Kier molecular flexibility index (Phi) is 5.70. The van der Waals surface area contributed by atoms with Crippen LogP contribution in [0.1, 0.15) is 24.6 Å². The van der Waals surface area contributed by atoms with Gasteiger partial charge in [-0.25, -0.2) is 13.6 Å². The highest BCUT2D eigenvalue weighted by Crippen LogP contribution is 2.39. The van der Waals surface area contributed by atoms with Crippen molar-refractivity contribution in [2.75, 3.05) is 31.1 Å². The van der Waals surface area contributed by atoms with E-state index in [0.29, 0.717) is 11.3 Å². The number of benzene rings is 1. The van der Waals surface area contributed by atoms with Crippen molar-refractivity contribution in [1.29, 1.82) is 0 Å². The average molecular weight is 448 g/mol. The van der Waals surface area contributed by atoms with Crippen molar-refractivity contribution in [3.63, 3.8) is 0 Å². The Morgan fingerprint density at radius 2 is 2.09 bits per heavy atom. The molecule has 11 heteroatoms. The topological polar surface area (TPSA) is 122 Å². The number of cyclic esters (lactones) is 1. The first-order valence-corrected chi connectivity index (χ1v) is 10.0. The summed E-state index contributed by atoms with van der Waals surface area (Å²) in [5.41, 5.74) is 5.06. The fourth-order valence-electron chi connectivity index (χ4n) is 4.09. The number of nitrogens with zero attached hydrogens (tertiary/aromatic N) is 3. The van der Waals surface area contributed by atoms with Gasteiger partial charge in [-0.05, 0) is 31.1 Å². The number of aliphatic hydroxyl groups excluding tert-OH is 1. The minimum atomic E-state index is -1.27. The van der Waals surface area contributed by atoms with Gasteiger partial charge in [0.25, 0.3) is 5.91 Å². The molecule has 0 spiro atoms. The monoisotopic (exact) mass is 448 g/mol. The van der Waals surface area contributed by atoms with E-state index in [1.54, 1.807) is 6.08 Å². The van der Waals surface area contributed by atoms with E-state index in [-0.39, 0.29) is 43.9 Å². The molecule has 0 saturated carbocycles. The number of amides is 2. The van der Waals surface area contributed by atoms with Crippen LogP contribution in [0.5, 0.6) is 0 Å². The fraction of sp³-hybridized carbons (Fsp3) is 0.381. The number of nitrogens with two attached hydrogens (primary N) is 1. The van der Waals surface area contributed by atoms with Crippen molar-refractivity contribution in [3.05, 3.63) is 53.4 Å². The Morgan fingerprint density at radius 1 is 1.38 bits per heavy atom. The highest BCUT2D eigenvalue weighted by Gasteiger charge is 2.51. The van der Waals surface area contributed by atoms with Crippen LogP contribution in [0.3, 0.4) is 0 Å². The summed E-state index contributed by atoms with van der Waals surface area (Å²) >= 11 is 0. The van der Waals surface area contributed by atoms with Gasteiger partial charge in [-0.2, -0.15) is 0 Å². The molecule has 2 aliphatic heterocycles. The van der Waals surface area contributed by atoms with Gasteiger partial charge < -0.3 is 25.0 Å². The van der Waals surface area contributed by atoms with Crippen molar-refractivity contribution < 1.29 is 32.7 Å². The van der Waals surface area contributed by atoms with Crippen LogP contribution in [0.2, 0.25) is 0 Å². The Bertz CT molecular complexity index is 1050. The minimum Gasteiger partial charge on any atom is -0.446 e. The predicted molar refractivity (Wildman–Crippen MR) is 108 cm³/mol. The third-order valence-electron chi connectivity index (χ3n) is 5.78. The number of aromatic nitrogens is 1. The summed E-state index contributed by atoms with van der Waals surface area (Å²) in [5.74, 6) is -2.19. The number of hydrogen-bond acceptors (Lipinski definition) is 7. The quantitative estimate of drug-likeness (QED) is 0.715. The highest BCUT2D eigenvalue weighted by atomic mass is 19.1. The first kappa shape index (κ1) is 21.9. The molecule has 0 bridgehead atoms. The summed E-state index contributed by atoms with van der Waals surface area (Å²) < 4.78 is 40.2. The molecule has 1 saturated heterocycles. The molecule has 0 unspecified atom stereocenters. The lowest BCUT2D eigenvalue weighted by atomic mass is 9.93. The van der Waals surface area contributed by atoms with E-state index in [4.69, 9.17) is 15.0 Å². The largest absolute Gasteiger partial charge is 0.446 e. The maximum Gasteiger partial charge on any atom is 0.415 e. The van der Waals surface area contributed by atoms with Crippen LogP contribution in [-0.4, -0.2) is 59.5 Å². The number of rotatable bonds is 5. The fourth-order valence-corrected chi connectivity index (χ4v) is 4.09. The van der Waals surface area contributed by atoms with Crippen LogP contribution in [0.4, 0.5) is 19.3 Å². The summed E-state index contributed by atoms with van der Waals surface area (Å²) in [6, 6.07) is 3.60. The smallest absolute Gasteiger partial charge is 0.415 e. The Labute approximate surface area is 182 Å². The van der Waals surface area contributed by atoms with Crippen LogP contribution in [0.25, 0.3) is 5.57 Å². The summed E-state index contributed by atoms with van der Waals surface area (Å²) in [6.45, 7) is 1.44. The Balaban J connectivity index is 1.68. The van der Waals surface area contributed by atoms with E-state index >= 15 is 8.78 Å². The van der Waals surface area contributed by atoms with Gasteiger partial charge in [0.1, 0.15) is 41.8 Å². The van der Waals surface area contributed by atoms with Crippen LogP contribution in [0.15, 0.2) is 35.1 Å². The normalized spacial score (nSPS) is 22.0. The third-order valence-corrected chi connectivity index (χ3v) is 5.78. The van der Waals surface area contributed by atoms with Crippen molar-refractivity contribution in [1.82, 2.24) is 10.1 Å². The van der Waals surface area contributed by atoms with Crippen LogP contribution >= 0.6 is 0 Å². The van der Waals surface area contributed by atoms with E-state index in [9.17, 15) is 14.7 Å². The first-order chi connectivity index (χ1) is 15.3. The molecule has 2 aromatic rings. The molecule has 2 amide bonds. The van der Waals surface area contributed by atoms with Crippen molar-refractivity contribution in [3.8, 4) is 0 Å². The molecular weight excluding hydrogens is 426 g/mol. The Hall–Kier alpha value is -3.31. The van der Waals surface area contributed by atoms with E-state index in [1.807, 2.05) is 0 Å². The molecule has 170 valence electrons. The summed E-state index contributed by atoms with van der Waals surface area (Å²) in [4.78, 5) is 26.9. The van der Waals surface area contributed by atoms with E-state index in [2.05, 4.69) is 5.16 Å². The molecule has 2 aliphatic rings. The zero-order valence-corrected chi connectivity index (χ0v) is 17.3. The number of aliphatic hydroxyl groups is 1. The maximum atomic E-state index is 15.1. The molecule has 0 radical (unpaired) electrons. The van der Waals surface area contributed by atoms with Gasteiger partial charge in [0, 0.05) is 31.3 Å². The number of halogens is 2. The second kappa shape index (κ2) is 8.32. The van der Waals surface area contributed by atoms with Gasteiger partial charge in [-0.15, -0.1) is 0 Å². The molecule has 9 nitrogen and oxygen atoms in total. The predicted octanol–water partition coefficient (Wildman–Crippen LogP) is 1.76. The molecule has 3 N–H and O–H groups in total. The summed E-state index contributed by atoms with van der Waals surface area (Å²) in [6.07, 6.45) is 1.11. The van der Waals surface area contributed by atoms with E-state index < -0.39 is 35.3 Å². The molecule has 1 fully saturated rings. The van der Waals surface area contributed by atoms with Gasteiger partial charge in [0.15, 0.2) is 0 Å². The lowest BCUT2D eigenvalue weighted by Gasteiger charge is -2.32. The Morgan fingerprint density at radius 3 is 2.62 bits per heavy atom. The average Bonchev–Trinajstić information content (AvgIpc) is 3.41. The van der Waals surface area contributed by atoms with E-state index in [1.165, 1.54) is 24.2 Å². The van der Waals surface area contributed by atoms with Gasteiger partial charge >= 0.3 is 6.09 Å². The maximum absolute atomic E-state index is 15.1. The second-order valence-electron chi connectivity index (χ2n) is 7.73. The van der Waals surface area contributed by atoms with Crippen molar-refractivity contribution in [2.24, 2.45) is 5.73 Å². The van der Waals surface area contributed by atoms with Crippen molar-refractivity contribution in [2.45, 2.75) is 25.0 Å². The molecule has 0 aliphatic carbocycles. The minimum absolute atomic E-state index is 0.0676. The molecule has 1 aromatic heterocycles. The zero-order valence-electron chi connectivity index (χ0n) is 17.3. The SMILES string of the molecule is C[C@H](O)C(=O)N1CC=C(c2c(F)cc(N3C(=O)OC[C@]3(CN)c3ccon3)cc2F)CC1. The van der Waals surface area contributed by atoms with Gasteiger partial charge in [0.2, 0.25) is 0 Å². The van der Waals surface area contributed by atoms with Gasteiger partial charge in [0.05, 0.1) is 5.69 Å². The molecule has 3 heterocycles. The zero-order chi connectivity index (χ0) is 23.0. The number of hydrogen-bond donors (Lipinski definition) is 2. The molecule has 2 atom stereocenters. The molecular formula is C21H22F2N4O5. The third kappa shape index (κ3) is 3.53. The molecule has 1 aromatic carbocycles. The lowest BCUT2D eigenvalue weighted by Crippen LogP contribution is -2.50. The van der Waals surface area contributed by atoms with Crippen molar-refractivity contribution >= 4 is 23.3 Å².